The predicted molar refractivity (Wildman–Crippen MR) is 91.5 cm³/mol. The van der Waals surface area contributed by atoms with E-state index in [1.54, 1.807) is 0 Å². The summed E-state index contributed by atoms with van der Waals surface area (Å²) < 4.78 is 0. The minimum absolute atomic E-state index is 0.0928. The maximum absolute atomic E-state index is 13.2. The fourth-order valence-corrected chi connectivity index (χ4v) is 7.35. The quantitative estimate of drug-likeness (QED) is 0.530. The molecule has 0 aliphatic heterocycles. The molecule has 4 aliphatic carbocycles. The minimum Gasteiger partial charge on any atom is -0.396 e. The Morgan fingerprint density at radius 1 is 1.08 bits per heavy atom. The molecule has 0 aromatic heterocycles. The average Bonchev–Trinajstić information content (AvgIpc) is 2.68. The number of carbonyl (C=O) groups excluding carboxylic acids is 1. The van der Waals surface area contributed by atoms with Crippen LogP contribution in [0.25, 0.3) is 0 Å². The molecule has 1 spiro atoms. The van der Waals surface area contributed by atoms with Gasteiger partial charge in [0.25, 0.3) is 0 Å². The van der Waals surface area contributed by atoms with Gasteiger partial charge in [-0.15, -0.1) is 0 Å². The zero-order valence-corrected chi connectivity index (χ0v) is 15.1. The van der Waals surface area contributed by atoms with Crippen molar-refractivity contribution in [1.82, 2.24) is 0 Å². The maximum atomic E-state index is 13.2. The van der Waals surface area contributed by atoms with Crippen LogP contribution in [0.1, 0.15) is 46.0 Å². The smallest absolute Gasteiger partial charge is 0.170 e. The summed E-state index contributed by atoms with van der Waals surface area (Å²) in [6.07, 6.45) is 0.291. The van der Waals surface area contributed by atoms with Gasteiger partial charge < -0.3 is 20.4 Å². The monoisotopic (exact) mass is 350 g/mol. The Balaban J connectivity index is 1.94. The van der Waals surface area contributed by atoms with Crippen molar-refractivity contribution in [3.8, 4) is 0 Å². The van der Waals surface area contributed by atoms with Crippen LogP contribution in [0, 0.1) is 34.0 Å². The summed E-state index contributed by atoms with van der Waals surface area (Å²) in [7, 11) is 0. The standard InChI is InChI=1S/C20H30O5/c1-10-11-4-5-12-19(9-21)13(18(2,3)7-6-14(19)22)8-15(23)20(12,16(10)24)17(11)25/h11-15,17,21-23,25H,1,4-9H2,2-3H3/t11-,12+,13-,14+,15-,17+,19-,20+/m1/s1. The molecule has 0 aromatic rings. The van der Waals surface area contributed by atoms with Gasteiger partial charge in [-0.05, 0) is 54.9 Å². The van der Waals surface area contributed by atoms with Crippen LogP contribution in [-0.4, -0.2) is 51.1 Å². The minimum atomic E-state index is -1.31. The molecule has 0 unspecified atom stereocenters. The molecule has 4 saturated carbocycles. The molecule has 4 aliphatic rings. The van der Waals surface area contributed by atoms with Crippen LogP contribution in [0.5, 0.6) is 0 Å². The highest BCUT2D eigenvalue weighted by Crippen LogP contribution is 2.70. The van der Waals surface area contributed by atoms with E-state index < -0.39 is 35.1 Å². The highest BCUT2D eigenvalue weighted by molar-refractivity contribution is 6.04. The molecule has 5 heteroatoms. The summed E-state index contributed by atoms with van der Waals surface area (Å²) in [4.78, 5) is 13.2. The van der Waals surface area contributed by atoms with Gasteiger partial charge in [-0.3, -0.25) is 4.79 Å². The Labute approximate surface area is 148 Å². The van der Waals surface area contributed by atoms with E-state index in [-0.39, 0.29) is 29.6 Å². The van der Waals surface area contributed by atoms with Crippen molar-refractivity contribution in [3.63, 3.8) is 0 Å². The normalized spacial score (nSPS) is 54.2. The van der Waals surface area contributed by atoms with E-state index in [0.29, 0.717) is 31.3 Å². The third-order valence-electron chi connectivity index (χ3n) is 8.55. The molecule has 0 aromatic carbocycles. The predicted octanol–water partition coefficient (Wildman–Crippen LogP) is 1.04. The Kier molecular flexibility index (Phi) is 3.64. The van der Waals surface area contributed by atoms with Gasteiger partial charge in [0.1, 0.15) is 0 Å². The van der Waals surface area contributed by atoms with Crippen molar-refractivity contribution in [1.29, 1.82) is 0 Å². The molecule has 0 saturated heterocycles. The molecule has 5 nitrogen and oxygen atoms in total. The Morgan fingerprint density at radius 2 is 1.76 bits per heavy atom. The second-order valence-electron chi connectivity index (χ2n) is 9.59. The van der Waals surface area contributed by atoms with Crippen molar-refractivity contribution in [3.05, 3.63) is 12.2 Å². The van der Waals surface area contributed by atoms with Gasteiger partial charge in [0.15, 0.2) is 5.78 Å². The lowest BCUT2D eigenvalue weighted by Crippen LogP contribution is -2.71. The molecule has 0 radical (unpaired) electrons. The molecule has 2 bridgehead atoms. The van der Waals surface area contributed by atoms with Crippen LogP contribution < -0.4 is 0 Å². The number of aliphatic hydroxyl groups excluding tert-OH is 4. The van der Waals surface area contributed by atoms with E-state index in [2.05, 4.69) is 20.4 Å². The topological polar surface area (TPSA) is 98.0 Å². The largest absolute Gasteiger partial charge is 0.396 e. The summed E-state index contributed by atoms with van der Waals surface area (Å²) in [6.45, 7) is 7.92. The lowest BCUT2D eigenvalue weighted by atomic mass is 9.38. The first kappa shape index (κ1) is 17.7. The summed E-state index contributed by atoms with van der Waals surface area (Å²) in [6, 6.07) is 0. The summed E-state index contributed by atoms with van der Waals surface area (Å²) in [5, 5.41) is 43.7. The van der Waals surface area contributed by atoms with Crippen LogP contribution in [0.3, 0.4) is 0 Å². The summed E-state index contributed by atoms with van der Waals surface area (Å²) in [5.41, 5.74) is -1.91. The molecule has 4 fully saturated rings. The highest BCUT2D eigenvalue weighted by atomic mass is 16.3. The van der Waals surface area contributed by atoms with Gasteiger partial charge in [-0.25, -0.2) is 0 Å². The van der Waals surface area contributed by atoms with E-state index in [1.807, 2.05) is 0 Å². The van der Waals surface area contributed by atoms with Gasteiger partial charge in [0.05, 0.1) is 30.3 Å². The fourth-order valence-electron chi connectivity index (χ4n) is 7.35. The first-order valence-electron chi connectivity index (χ1n) is 9.54. The molecule has 4 N–H and O–H groups in total. The average molecular weight is 350 g/mol. The molecule has 25 heavy (non-hydrogen) atoms. The van der Waals surface area contributed by atoms with E-state index in [9.17, 15) is 25.2 Å². The van der Waals surface area contributed by atoms with Crippen molar-refractivity contribution in [2.75, 3.05) is 6.61 Å². The van der Waals surface area contributed by atoms with Crippen LogP contribution in [0.2, 0.25) is 0 Å². The van der Waals surface area contributed by atoms with E-state index in [1.165, 1.54) is 0 Å². The van der Waals surface area contributed by atoms with Gasteiger partial charge >= 0.3 is 0 Å². The van der Waals surface area contributed by atoms with Crippen molar-refractivity contribution in [2.24, 2.45) is 34.0 Å². The third-order valence-corrected chi connectivity index (χ3v) is 8.55. The van der Waals surface area contributed by atoms with Gasteiger partial charge in [0.2, 0.25) is 0 Å². The number of rotatable bonds is 1. The van der Waals surface area contributed by atoms with E-state index >= 15 is 0 Å². The maximum Gasteiger partial charge on any atom is 0.170 e. The Hall–Kier alpha value is -0.750. The molecule has 140 valence electrons. The van der Waals surface area contributed by atoms with Crippen LogP contribution in [0.15, 0.2) is 12.2 Å². The van der Waals surface area contributed by atoms with Crippen LogP contribution in [0.4, 0.5) is 0 Å². The number of fused-ring (bicyclic) bond motifs is 3. The lowest BCUT2D eigenvalue weighted by molar-refractivity contribution is -0.267. The first-order chi connectivity index (χ1) is 11.7. The fraction of sp³-hybridized carbons (Fsp3) is 0.850. The molecule has 8 atom stereocenters. The second-order valence-corrected chi connectivity index (χ2v) is 9.59. The van der Waals surface area contributed by atoms with Gasteiger partial charge in [0, 0.05) is 11.3 Å². The highest BCUT2D eigenvalue weighted by Gasteiger charge is 2.76. The van der Waals surface area contributed by atoms with Gasteiger partial charge in [-0.2, -0.15) is 0 Å². The Morgan fingerprint density at radius 3 is 2.40 bits per heavy atom. The molecule has 4 rings (SSSR count). The first-order valence-corrected chi connectivity index (χ1v) is 9.54. The number of carbonyl (C=O) groups is 1. The van der Waals surface area contributed by atoms with Crippen molar-refractivity contribution < 1.29 is 25.2 Å². The lowest BCUT2D eigenvalue weighted by Gasteiger charge is -2.66. The molecular weight excluding hydrogens is 320 g/mol. The number of ketones is 1. The number of hydrogen-bond donors (Lipinski definition) is 4. The van der Waals surface area contributed by atoms with Crippen LogP contribution >= 0.6 is 0 Å². The molecule has 0 heterocycles. The second kappa shape index (κ2) is 5.16. The van der Waals surface area contributed by atoms with E-state index in [0.717, 1.165) is 6.42 Å². The number of aliphatic hydroxyl groups is 4. The summed E-state index contributed by atoms with van der Waals surface area (Å²) >= 11 is 0. The number of Topliss-reactive ketones (excluding diaryl/α,β-unsaturated/α-hetero) is 1. The Bertz CT molecular complexity index is 628. The molecule has 0 amide bonds. The third kappa shape index (κ3) is 1.76. The zero-order valence-electron chi connectivity index (χ0n) is 15.1. The van der Waals surface area contributed by atoms with Gasteiger partial charge in [-0.1, -0.05) is 20.4 Å². The van der Waals surface area contributed by atoms with Crippen molar-refractivity contribution in [2.45, 2.75) is 64.3 Å². The summed E-state index contributed by atoms with van der Waals surface area (Å²) in [5.74, 6) is -1.07. The van der Waals surface area contributed by atoms with Crippen molar-refractivity contribution >= 4 is 5.78 Å². The van der Waals surface area contributed by atoms with E-state index in [4.69, 9.17) is 0 Å². The van der Waals surface area contributed by atoms with Crippen LogP contribution in [-0.2, 0) is 4.79 Å². The SMILES string of the molecule is C=C1C(=O)[C@@]23[C@H](O)C[C@@H]4C(C)(C)CC[C@H](O)[C@]4(CO)[C@@H]2CC[C@H]1[C@@H]3O. The zero-order chi connectivity index (χ0) is 18.4. The molecular formula is C20H30O5. The number of hydrogen-bond acceptors (Lipinski definition) is 5.